The Morgan fingerprint density at radius 1 is 1.33 bits per heavy atom. The van der Waals surface area contributed by atoms with Crippen LogP contribution in [0.5, 0.6) is 0 Å². The Morgan fingerprint density at radius 2 is 2.11 bits per heavy atom. The first-order valence-electron chi connectivity index (χ1n) is 5.32. The number of hydrogen-bond acceptors (Lipinski definition) is 3. The molecular weight excluding hydrogens is 322 g/mol. The van der Waals surface area contributed by atoms with Gasteiger partial charge in [0.15, 0.2) is 0 Å². The van der Waals surface area contributed by atoms with Crippen molar-refractivity contribution in [3.63, 3.8) is 0 Å². The van der Waals surface area contributed by atoms with Crippen molar-refractivity contribution >= 4 is 27.3 Å². The van der Waals surface area contributed by atoms with E-state index < -0.39 is 11.6 Å². The van der Waals surface area contributed by atoms with E-state index in [1.807, 2.05) is 12.3 Å². The molecular formula is C12H11BrF2N2S. The molecule has 0 saturated heterocycles. The van der Waals surface area contributed by atoms with Gasteiger partial charge >= 0.3 is 0 Å². The summed E-state index contributed by atoms with van der Waals surface area (Å²) in [4.78, 5) is 4.26. The second kappa shape index (κ2) is 5.86. The van der Waals surface area contributed by atoms with Crippen LogP contribution in [-0.4, -0.2) is 4.98 Å². The van der Waals surface area contributed by atoms with Crippen molar-refractivity contribution in [2.75, 3.05) is 0 Å². The van der Waals surface area contributed by atoms with Gasteiger partial charge < -0.3 is 5.32 Å². The minimum Gasteiger partial charge on any atom is -0.306 e. The molecule has 1 aromatic heterocycles. The lowest BCUT2D eigenvalue weighted by Gasteiger charge is -2.07. The molecule has 0 aliphatic carbocycles. The van der Waals surface area contributed by atoms with E-state index in [9.17, 15) is 8.78 Å². The minimum atomic E-state index is -0.558. The van der Waals surface area contributed by atoms with Crippen LogP contribution in [0.1, 0.15) is 16.3 Å². The fourth-order valence-corrected chi connectivity index (χ4v) is 2.62. The number of rotatable bonds is 4. The Balaban J connectivity index is 2.00. The zero-order chi connectivity index (χ0) is 13.1. The molecule has 1 aromatic carbocycles. The molecule has 96 valence electrons. The van der Waals surface area contributed by atoms with Gasteiger partial charge in [-0.25, -0.2) is 13.8 Å². The molecule has 2 rings (SSSR count). The van der Waals surface area contributed by atoms with Crippen molar-refractivity contribution in [2.45, 2.75) is 20.0 Å². The number of nitrogens with zero attached hydrogens (tertiary/aromatic N) is 1. The highest BCUT2D eigenvalue weighted by atomic mass is 79.9. The molecule has 0 bridgehead atoms. The van der Waals surface area contributed by atoms with Crippen LogP contribution in [0.15, 0.2) is 22.0 Å². The first kappa shape index (κ1) is 13.6. The molecule has 2 nitrogen and oxygen atoms in total. The monoisotopic (exact) mass is 332 g/mol. The van der Waals surface area contributed by atoms with Crippen molar-refractivity contribution in [1.82, 2.24) is 10.3 Å². The predicted octanol–water partition coefficient (Wildman–Crippen LogP) is 3.78. The van der Waals surface area contributed by atoms with Gasteiger partial charge in [-0.1, -0.05) is 0 Å². The number of thiazole rings is 1. The average molecular weight is 333 g/mol. The van der Waals surface area contributed by atoms with Crippen LogP contribution in [0.3, 0.4) is 0 Å². The van der Waals surface area contributed by atoms with E-state index in [0.717, 1.165) is 10.7 Å². The SMILES string of the molecule is Cc1csc(CNCc2c(F)ccc(Br)c2F)n1. The molecule has 2 aromatic rings. The number of aryl methyl sites for hydroxylation is 1. The van der Waals surface area contributed by atoms with E-state index in [4.69, 9.17) is 0 Å². The summed E-state index contributed by atoms with van der Waals surface area (Å²) in [6, 6.07) is 2.61. The van der Waals surface area contributed by atoms with E-state index in [1.165, 1.54) is 23.5 Å². The molecule has 18 heavy (non-hydrogen) atoms. The van der Waals surface area contributed by atoms with E-state index >= 15 is 0 Å². The number of aromatic nitrogens is 1. The molecule has 0 aliphatic rings. The maximum atomic E-state index is 13.7. The van der Waals surface area contributed by atoms with Gasteiger partial charge in [0.1, 0.15) is 16.6 Å². The first-order valence-corrected chi connectivity index (χ1v) is 6.99. The number of nitrogens with one attached hydrogen (secondary N) is 1. The maximum Gasteiger partial charge on any atom is 0.144 e. The van der Waals surface area contributed by atoms with Gasteiger partial charge in [-0.2, -0.15) is 0 Å². The third-order valence-corrected chi connectivity index (χ3v) is 3.96. The fraction of sp³-hybridized carbons (Fsp3) is 0.250. The van der Waals surface area contributed by atoms with Crippen molar-refractivity contribution in [3.05, 3.63) is 49.9 Å². The van der Waals surface area contributed by atoms with Gasteiger partial charge in [-0.05, 0) is 35.0 Å². The highest BCUT2D eigenvalue weighted by molar-refractivity contribution is 9.10. The van der Waals surface area contributed by atoms with Crippen molar-refractivity contribution in [2.24, 2.45) is 0 Å². The summed E-state index contributed by atoms with van der Waals surface area (Å²) in [5.41, 5.74) is 0.995. The smallest absolute Gasteiger partial charge is 0.144 e. The molecule has 0 spiro atoms. The Hall–Kier alpha value is -0.850. The van der Waals surface area contributed by atoms with Gasteiger partial charge in [0, 0.05) is 29.7 Å². The predicted molar refractivity (Wildman–Crippen MR) is 71.5 cm³/mol. The Morgan fingerprint density at radius 3 is 2.78 bits per heavy atom. The highest BCUT2D eigenvalue weighted by Crippen LogP contribution is 2.21. The van der Waals surface area contributed by atoms with Crippen molar-refractivity contribution in [3.8, 4) is 0 Å². The largest absolute Gasteiger partial charge is 0.306 e. The Kier molecular flexibility index (Phi) is 4.42. The molecule has 0 fully saturated rings. The highest BCUT2D eigenvalue weighted by Gasteiger charge is 2.11. The molecule has 1 heterocycles. The lowest BCUT2D eigenvalue weighted by Crippen LogP contribution is -2.15. The van der Waals surface area contributed by atoms with E-state index in [2.05, 4.69) is 26.2 Å². The standard InChI is InChI=1S/C12H11BrF2N2S/c1-7-6-18-11(17-7)5-16-4-8-10(14)3-2-9(13)12(8)15/h2-3,6,16H,4-5H2,1H3. The Bertz CT molecular complexity index is 557. The summed E-state index contributed by atoms with van der Waals surface area (Å²) in [5.74, 6) is -1.10. The van der Waals surface area contributed by atoms with Gasteiger partial charge in [0.2, 0.25) is 0 Å². The van der Waals surface area contributed by atoms with Crippen LogP contribution >= 0.6 is 27.3 Å². The van der Waals surface area contributed by atoms with Crippen LogP contribution in [0.2, 0.25) is 0 Å². The van der Waals surface area contributed by atoms with Crippen molar-refractivity contribution < 1.29 is 8.78 Å². The third kappa shape index (κ3) is 3.13. The van der Waals surface area contributed by atoms with Crippen LogP contribution in [0.4, 0.5) is 8.78 Å². The van der Waals surface area contributed by atoms with Crippen LogP contribution in [0, 0.1) is 18.6 Å². The maximum absolute atomic E-state index is 13.7. The summed E-state index contributed by atoms with van der Waals surface area (Å²) >= 11 is 4.57. The van der Waals surface area contributed by atoms with E-state index in [0.29, 0.717) is 6.54 Å². The number of benzene rings is 1. The molecule has 6 heteroatoms. The third-order valence-electron chi connectivity index (χ3n) is 2.38. The fourth-order valence-electron chi connectivity index (χ4n) is 1.51. The molecule has 0 saturated carbocycles. The van der Waals surface area contributed by atoms with E-state index in [1.54, 1.807) is 0 Å². The van der Waals surface area contributed by atoms with Gasteiger partial charge in [0.25, 0.3) is 0 Å². The topological polar surface area (TPSA) is 24.9 Å². The quantitative estimate of drug-likeness (QED) is 0.862. The van der Waals surface area contributed by atoms with E-state index in [-0.39, 0.29) is 16.6 Å². The summed E-state index contributed by atoms with van der Waals surface area (Å²) in [5, 5.41) is 5.83. The zero-order valence-corrected chi connectivity index (χ0v) is 12.0. The molecule has 0 atom stereocenters. The molecule has 1 N–H and O–H groups in total. The zero-order valence-electron chi connectivity index (χ0n) is 9.64. The van der Waals surface area contributed by atoms with Crippen LogP contribution in [0.25, 0.3) is 0 Å². The Labute approximate surface area is 116 Å². The normalized spacial score (nSPS) is 10.9. The summed E-state index contributed by atoms with van der Waals surface area (Å²) < 4.78 is 27.4. The molecule has 0 amide bonds. The summed E-state index contributed by atoms with van der Waals surface area (Å²) in [6.45, 7) is 2.55. The second-order valence-corrected chi connectivity index (χ2v) is 5.60. The summed E-state index contributed by atoms with van der Waals surface area (Å²) in [7, 11) is 0. The average Bonchev–Trinajstić information content (AvgIpc) is 2.74. The van der Waals surface area contributed by atoms with Gasteiger partial charge in [-0.3, -0.25) is 0 Å². The van der Waals surface area contributed by atoms with Crippen LogP contribution < -0.4 is 5.32 Å². The number of halogens is 3. The van der Waals surface area contributed by atoms with Crippen molar-refractivity contribution in [1.29, 1.82) is 0 Å². The summed E-state index contributed by atoms with van der Waals surface area (Å²) in [6.07, 6.45) is 0. The van der Waals surface area contributed by atoms with Gasteiger partial charge in [0.05, 0.1) is 4.47 Å². The van der Waals surface area contributed by atoms with Gasteiger partial charge in [-0.15, -0.1) is 11.3 Å². The second-order valence-electron chi connectivity index (χ2n) is 3.81. The minimum absolute atomic E-state index is 0.0395. The van der Waals surface area contributed by atoms with Crippen LogP contribution in [-0.2, 0) is 13.1 Å². The first-order chi connectivity index (χ1) is 8.58. The number of hydrogen-bond donors (Lipinski definition) is 1. The molecule has 0 unspecified atom stereocenters. The molecule has 0 aliphatic heterocycles. The lowest BCUT2D eigenvalue weighted by atomic mass is 10.2. The lowest BCUT2D eigenvalue weighted by molar-refractivity contribution is 0.531. The molecule has 0 radical (unpaired) electrons.